The summed E-state index contributed by atoms with van der Waals surface area (Å²) in [6.45, 7) is 6.28. The van der Waals surface area contributed by atoms with Crippen LogP contribution in [0.25, 0.3) is 16.9 Å². The highest BCUT2D eigenvalue weighted by molar-refractivity contribution is 5.96. The number of nitrogens with zero attached hydrogens (tertiary/aromatic N) is 5. The van der Waals surface area contributed by atoms with Crippen LogP contribution in [0.5, 0.6) is 5.88 Å². The van der Waals surface area contributed by atoms with E-state index in [-0.39, 0.29) is 22.7 Å². The van der Waals surface area contributed by atoms with Crippen molar-refractivity contribution in [3.63, 3.8) is 0 Å². The van der Waals surface area contributed by atoms with Crippen molar-refractivity contribution < 1.29 is 9.90 Å². The zero-order valence-electron chi connectivity index (χ0n) is 16.4. The quantitative estimate of drug-likeness (QED) is 0.610. The van der Waals surface area contributed by atoms with Crippen molar-refractivity contribution in [2.24, 2.45) is 5.41 Å². The molecule has 1 aliphatic carbocycles. The molecule has 1 saturated carbocycles. The van der Waals surface area contributed by atoms with Crippen molar-refractivity contribution in [2.75, 3.05) is 0 Å². The number of carbonyl (C=O) groups is 1. The lowest BCUT2D eigenvalue weighted by Gasteiger charge is -2.23. The largest absolute Gasteiger partial charge is 0.494 e. The first kappa shape index (κ1) is 18.7. The molecule has 1 fully saturated rings. The van der Waals surface area contributed by atoms with E-state index >= 15 is 0 Å². The van der Waals surface area contributed by atoms with E-state index in [1.54, 1.807) is 6.07 Å². The van der Waals surface area contributed by atoms with Crippen molar-refractivity contribution in [1.82, 2.24) is 29.7 Å². The Morgan fingerprint density at radius 3 is 2.79 bits per heavy atom. The van der Waals surface area contributed by atoms with Gasteiger partial charge in [0.25, 0.3) is 11.5 Å². The van der Waals surface area contributed by atoms with Crippen molar-refractivity contribution in [2.45, 2.75) is 46.2 Å². The van der Waals surface area contributed by atoms with Gasteiger partial charge in [0.2, 0.25) is 5.88 Å². The molecule has 1 amide bonds. The lowest BCUT2D eigenvalue weighted by atomic mass is 9.96. The van der Waals surface area contributed by atoms with Crippen molar-refractivity contribution in [3.8, 4) is 23.2 Å². The van der Waals surface area contributed by atoms with E-state index in [9.17, 15) is 20.0 Å². The molecule has 150 valence electrons. The molecule has 4 rings (SSSR count). The number of H-pyrrole nitrogens is 1. The molecular weight excluding hydrogens is 374 g/mol. The summed E-state index contributed by atoms with van der Waals surface area (Å²) in [6.07, 6.45) is 3.15. The number of nitrogens with one attached hydrogen (secondary N) is 2. The number of nitriles is 1. The first-order chi connectivity index (χ1) is 13.7. The van der Waals surface area contributed by atoms with Crippen LogP contribution < -0.4 is 10.9 Å². The standard InChI is InChI=1S/C19H21N7O3/c1-19(2,3)9-25-14-6-12(11-8-21-23-13(11)7-20)24-26(14)18(29)15(17(25)28)16(27)22-10-4-5-10/h6,8,10,28H,4-5,9H2,1-3H3,(H,21,23)(H,22,27). The van der Waals surface area contributed by atoms with E-state index in [2.05, 4.69) is 20.6 Å². The number of amides is 1. The van der Waals surface area contributed by atoms with Gasteiger partial charge in [-0.15, -0.1) is 0 Å². The molecule has 3 aromatic heterocycles. The smallest absolute Gasteiger partial charge is 0.291 e. The summed E-state index contributed by atoms with van der Waals surface area (Å²) >= 11 is 0. The van der Waals surface area contributed by atoms with Crippen LogP contribution >= 0.6 is 0 Å². The fraction of sp³-hybridized carbons (Fsp3) is 0.421. The number of rotatable bonds is 4. The van der Waals surface area contributed by atoms with Crippen LogP contribution in [0.4, 0.5) is 0 Å². The van der Waals surface area contributed by atoms with Crippen LogP contribution in [0.15, 0.2) is 17.1 Å². The fourth-order valence-electron chi connectivity index (χ4n) is 3.17. The lowest BCUT2D eigenvalue weighted by molar-refractivity contribution is 0.0944. The number of hydrogen-bond donors (Lipinski definition) is 3. The Bertz CT molecular complexity index is 1220. The SMILES string of the molecule is CC(C)(C)Cn1c(O)c(C(=O)NC2CC2)c(=O)n2nc(-c3cn[nH]c3C#N)cc12. The fourth-order valence-corrected chi connectivity index (χ4v) is 3.17. The van der Waals surface area contributed by atoms with Gasteiger partial charge in [0, 0.05) is 18.7 Å². The van der Waals surface area contributed by atoms with Crippen LogP contribution in [0, 0.1) is 16.7 Å². The van der Waals surface area contributed by atoms with Gasteiger partial charge in [-0.2, -0.15) is 20.0 Å². The summed E-state index contributed by atoms with van der Waals surface area (Å²) in [5.74, 6) is -1.01. The highest BCUT2D eigenvalue weighted by Crippen LogP contribution is 2.28. The average Bonchev–Trinajstić information content (AvgIpc) is 3.16. The van der Waals surface area contributed by atoms with Gasteiger partial charge in [-0.05, 0) is 18.3 Å². The topological polar surface area (TPSA) is 141 Å². The molecule has 0 atom stereocenters. The van der Waals surface area contributed by atoms with Crippen LogP contribution in [0.2, 0.25) is 0 Å². The molecule has 0 radical (unpaired) electrons. The summed E-state index contributed by atoms with van der Waals surface area (Å²) in [4.78, 5) is 25.7. The van der Waals surface area contributed by atoms with E-state index < -0.39 is 17.3 Å². The Morgan fingerprint density at radius 1 is 1.45 bits per heavy atom. The summed E-state index contributed by atoms with van der Waals surface area (Å²) in [5, 5.41) is 33.6. The molecule has 0 unspecified atom stereocenters. The third kappa shape index (κ3) is 3.35. The monoisotopic (exact) mass is 395 g/mol. The number of aromatic amines is 1. The van der Waals surface area contributed by atoms with Gasteiger partial charge in [0.15, 0.2) is 5.56 Å². The summed E-state index contributed by atoms with van der Waals surface area (Å²) in [6, 6.07) is 3.62. The van der Waals surface area contributed by atoms with Crippen molar-refractivity contribution in [1.29, 1.82) is 5.26 Å². The number of aromatic nitrogens is 5. The molecule has 0 saturated heterocycles. The van der Waals surface area contributed by atoms with Crippen LogP contribution in [0.3, 0.4) is 0 Å². The highest BCUT2D eigenvalue weighted by Gasteiger charge is 2.30. The minimum Gasteiger partial charge on any atom is -0.494 e. The van der Waals surface area contributed by atoms with Gasteiger partial charge >= 0.3 is 0 Å². The molecule has 0 aliphatic heterocycles. The molecule has 10 nitrogen and oxygen atoms in total. The second kappa shape index (κ2) is 6.48. The van der Waals surface area contributed by atoms with E-state index in [0.29, 0.717) is 23.4 Å². The summed E-state index contributed by atoms with van der Waals surface area (Å²) in [7, 11) is 0. The second-order valence-corrected chi connectivity index (χ2v) is 8.47. The second-order valence-electron chi connectivity index (χ2n) is 8.47. The maximum atomic E-state index is 13.0. The Balaban J connectivity index is 1.97. The molecule has 0 bridgehead atoms. The highest BCUT2D eigenvalue weighted by atomic mass is 16.3. The molecule has 29 heavy (non-hydrogen) atoms. The summed E-state index contributed by atoms with van der Waals surface area (Å²) < 4.78 is 2.60. The first-order valence-electron chi connectivity index (χ1n) is 9.30. The predicted octanol–water partition coefficient (Wildman–Crippen LogP) is 1.40. The van der Waals surface area contributed by atoms with E-state index in [4.69, 9.17) is 0 Å². The summed E-state index contributed by atoms with van der Waals surface area (Å²) in [5.41, 5.74) is 0.0000987. The zero-order chi connectivity index (χ0) is 20.9. The zero-order valence-corrected chi connectivity index (χ0v) is 16.4. The maximum Gasteiger partial charge on any atom is 0.291 e. The maximum absolute atomic E-state index is 13.0. The molecule has 3 aromatic rings. The number of hydrogen-bond acceptors (Lipinski definition) is 6. The minimum atomic E-state index is -0.714. The Kier molecular flexibility index (Phi) is 4.19. The van der Waals surface area contributed by atoms with Crippen molar-refractivity contribution >= 4 is 11.6 Å². The number of fused-ring (bicyclic) bond motifs is 1. The molecule has 10 heteroatoms. The van der Waals surface area contributed by atoms with Crippen molar-refractivity contribution in [3.05, 3.63) is 33.9 Å². The first-order valence-corrected chi connectivity index (χ1v) is 9.30. The third-order valence-corrected chi connectivity index (χ3v) is 4.65. The number of aromatic hydroxyl groups is 1. The van der Waals surface area contributed by atoms with Gasteiger partial charge < -0.3 is 10.4 Å². The van der Waals surface area contributed by atoms with E-state index in [0.717, 1.165) is 17.4 Å². The average molecular weight is 395 g/mol. The Labute approximate surface area is 165 Å². The van der Waals surface area contributed by atoms with Gasteiger partial charge in [-0.25, -0.2) is 0 Å². The van der Waals surface area contributed by atoms with Crippen LogP contribution in [-0.2, 0) is 6.54 Å². The van der Waals surface area contributed by atoms with Gasteiger partial charge in [-0.3, -0.25) is 19.3 Å². The van der Waals surface area contributed by atoms with Gasteiger partial charge in [-0.1, -0.05) is 20.8 Å². The number of carbonyl (C=O) groups excluding carboxylic acids is 1. The Hall–Kier alpha value is -3.61. The van der Waals surface area contributed by atoms with Crippen LogP contribution in [0.1, 0.15) is 49.7 Å². The van der Waals surface area contributed by atoms with Crippen LogP contribution in [-0.4, -0.2) is 41.4 Å². The molecule has 0 aromatic carbocycles. The minimum absolute atomic E-state index is 0.0327. The van der Waals surface area contributed by atoms with Gasteiger partial charge in [0.05, 0.1) is 17.5 Å². The lowest BCUT2D eigenvalue weighted by Crippen LogP contribution is -2.35. The van der Waals surface area contributed by atoms with E-state index in [1.165, 1.54) is 10.8 Å². The molecule has 3 heterocycles. The Morgan fingerprint density at radius 2 is 2.17 bits per heavy atom. The van der Waals surface area contributed by atoms with E-state index in [1.807, 2.05) is 26.8 Å². The molecule has 1 aliphatic rings. The molecule has 0 spiro atoms. The van der Waals surface area contributed by atoms with Gasteiger partial charge in [0.1, 0.15) is 17.4 Å². The molecule has 3 N–H and O–H groups in total. The predicted molar refractivity (Wildman–Crippen MR) is 103 cm³/mol. The normalized spacial score (nSPS) is 14.1. The molecular formula is C19H21N7O3. The third-order valence-electron chi connectivity index (χ3n) is 4.65.